The highest BCUT2D eigenvalue weighted by molar-refractivity contribution is 14.1. The predicted octanol–water partition coefficient (Wildman–Crippen LogP) is 4.89. The van der Waals surface area contributed by atoms with Gasteiger partial charge in [0.15, 0.2) is 6.61 Å². The Morgan fingerprint density at radius 2 is 1.94 bits per heavy atom. The van der Waals surface area contributed by atoms with Gasteiger partial charge in [0.2, 0.25) is 0 Å². The number of halogens is 3. The van der Waals surface area contributed by atoms with Gasteiger partial charge >= 0.3 is 5.97 Å². The van der Waals surface area contributed by atoms with Crippen molar-refractivity contribution in [1.82, 2.24) is 9.66 Å². The number of benzene rings is 2. The molecule has 0 saturated heterocycles. The van der Waals surface area contributed by atoms with Gasteiger partial charge in [0, 0.05) is 4.47 Å². The van der Waals surface area contributed by atoms with Gasteiger partial charge in [-0.2, -0.15) is 9.78 Å². The van der Waals surface area contributed by atoms with Crippen LogP contribution < -0.4 is 10.3 Å². The first-order valence-corrected chi connectivity index (χ1v) is 12.2. The summed E-state index contributed by atoms with van der Waals surface area (Å²) in [7, 11) is 0. The van der Waals surface area contributed by atoms with Gasteiger partial charge in [-0.3, -0.25) is 4.79 Å². The van der Waals surface area contributed by atoms with Crippen molar-refractivity contribution in [1.29, 1.82) is 0 Å². The third-order valence-electron chi connectivity index (χ3n) is 4.01. The SMILES string of the molecule is Cc1nc2ccc(Br)cc2c(=O)n1N=Cc1cc(I)c(OCC(=O)OC(C)C)c(I)c1. The van der Waals surface area contributed by atoms with Crippen LogP contribution in [-0.2, 0) is 9.53 Å². The van der Waals surface area contributed by atoms with Crippen molar-refractivity contribution in [2.75, 3.05) is 6.61 Å². The largest absolute Gasteiger partial charge is 0.480 e. The molecule has 0 N–H and O–H groups in total. The van der Waals surface area contributed by atoms with Crippen molar-refractivity contribution in [3.8, 4) is 5.75 Å². The summed E-state index contributed by atoms with van der Waals surface area (Å²) in [5, 5.41) is 4.84. The average molecular weight is 710 g/mol. The molecule has 0 saturated carbocycles. The second-order valence-corrected chi connectivity index (χ2v) is 10.1. The van der Waals surface area contributed by atoms with E-state index < -0.39 is 5.97 Å². The van der Waals surface area contributed by atoms with Crippen molar-refractivity contribution in [3.63, 3.8) is 0 Å². The summed E-state index contributed by atoms with van der Waals surface area (Å²) in [6, 6.07) is 9.10. The van der Waals surface area contributed by atoms with Gasteiger partial charge in [-0.15, -0.1) is 0 Å². The summed E-state index contributed by atoms with van der Waals surface area (Å²) in [6.07, 6.45) is 1.41. The van der Waals surface area contributed by atoms with E-state index in [0.717, 1.165) is 17.2 Å². The summed E-state index contributed by atoms with van der Waals surface area (Å²) in [4.78, 5) is 29.1. The van der Waals surface area contributed by atoms with Crippen LogP contribution in [0.15, 0.2) is 44.7 Å². The van der Waals surface area contributed by atoms with Crippen LogP contribution >= 0.6 is 61.1 Å². The van der Waals surface area contributed by atoms with Crippen molar-refractivity contribution < 1.29 is 14.3 Å². The Kier molecular flexibility index (Phi) is 8.08. The van der Waals surface area contributed by atoms with E-state index in [0.29, 0.717) is 22.5 Å². The van der Waals surface area contributed by atoms with Crippen LogP contribution in [0.4, 0.5) is 0 Å². The molecule has 0 aliphatic rings. The maximum atomic E-state index is 12.9. The van der Waals surface area contributed by atoms with Crippen molar-refractivity contribution in [3.05, 3.63) is 63.7 Å². The topological polar surface area (TPSA) is 82.8 Å². The summed E-state index contributed by atoms with van der Waals surface area (Å²) in [5.74, 6) is 0.672. The molecule has 1 aromatic heterocycles. The van der Waals surface area contributed by atoms with Gasteiger partial charge in [-0.25, -0.2) is 9.78 Å². The summed E-state index contributed by atoms with van der Waals surface area (Å²) >= 11 is 7.66. The summed E-state index contributed by atoms with van der Waals surface area (Å²) in [5.41, 5.74) is 1.17. The number of carbonyl (C=O) groups excluding carboxylic acids is 1. The van der Waals surface area contributed by atoms with Crippen LogP contribution in [0.3, 0.4) is 0 Å². The van der Waals surface area contributed by atoms with Crippen LogP contribution in [0, 0.1) is 14.1 Å². The predicted molar refractivity (Wildman–Crippen MR) is 140 cm³/mol. The van der Waals surface area contributed by atoms with Crippen molar-refractivity contribution >= 4 is 84.2 Å². The smallest absolute Gasteiger partial charge is 0.344 e. The molecule has 2 aromatic carbocycles. The first-order chi connectivity index (χ1) is 14.7. The normalized spacial score (nSPS) is 11.5. The number of hydrogen-bond acceptors (Lipinski definition) is 6. The molecule has 31 heavy (non-hydrogen) atoms. The van der Waals surface area contributed by atoms with Crippen LogP contribution in [0.1, 0.15) is 25.2 Å². The van der Waals surface area contributed by atoms with E-state index in [9.17, 15) is 9.59 Å². The van der Waals surface area contributed by atoms with E-state index in [2.05, 4.69) is 71.2 Å². The molecule has 0 bridgehead atoms. The highest BCUT2D eigenvalue weighted by atomic mass is 127. The number of esters is 1. The van der Waals surface area contributed by atoms with E-state index in [4.69, 9.17) is 9.47 Å². The molecule has 3 aromatic rings. The highest BCUT2D eigenvalue weighted by Gasteiger charge is 2.13. The molecule has 0 unspecified atom stereocenters. The van der Waals surface area contributed by atoms with E-state index >= 15 is 0 Å². The fourth-order valence-electron chi connectivity index (χ4n) is 2.74. The van der Waals surface area contributed by atoms with Gasteiger partial charge in [0.25, 0.3) is 5.56 Å². The molecule has 10 heteroatoms. The minimum absolute atomic E-state index is 0.162. The number of aromatic nitrogens is 2. The maximum absolute atomic E-state index is 12.9. The van der Waals surface area contributed by atoms with Crippen LogP contribution in [0.2, 0.25) is 0 Å². The lowest BCUT2D eigenvalue weighted by Crippen LogP contribution is -2.20. The summed E-state index contributed by atoms with van der Waals surface area (Å²) in [6.45, 7) is 5.15. The van der Waals surface area contributed by atoms with Crippen molar-refractivity contribution in [2.45, 2.75) is 26.9 Å². The Hall–Kier alpha value is -1.54. The second kappa shape index (κ2) is 10.4. The molecule has 0 spiro atoms. The fraction of sp³-hybridized carbons (Fsp3) is 0.238. The molecule has 162 valence electrons. The molecular formula is C21H18BrI2N3O4. The lowest BCUT2D eigenvalue weighted by Gasteiger charge is -2.12. The third-order valence-corrected chi connectivity index (χ3v) is 6.11. The minimum atomic E-state index is -0.419. The molecule has 0 fully saturated rings. The molecule has 1 heterocycles. The van der Waals surface area contributed by atoms with Gasteiger partial charge in [-0.1, -0.05) is 15.9 Å². The molecule has 0 amide bonds. The fourth-order valence-corrected chi connectivity index (χ4v) is 5.23. The molecule has 0 aliphatic carbocycles. The van der Waals surface area contributed by atoms with Crippen LogP contribution in [-0.4, -0.2) is 34.6 Å². The Balaban J connectivity index is 1.86. The molecular weight excluding hydrogens is 692 g/mol. The number of aryl methyl sites for hydroxylation is 1. The third kappa shape index (κ3) is 6.04. The second-order valence-electron chi connectivity index (χ2n) is 6.82. The Bertz CT molecular complexity index is 1220. The number of hydrogen-bond donors (Lipinski definition) is 0. The maximum Gasteiger partial charge on any atom is 0.344 e. The standard InChI is InChI=1S/C21H18BrI2N3O4/c1-11(2)31-19(28)10-30-20-16(23)6-13(7-17(20)24)9-25-27-12(3)26-18-5-4-14(22)8-15(18)21(27)29/h4-9,11H,10H2,1-3H3. The molecule has 0 atom stereocenters. The van der Waals surface area contributed by atoms with Gasteiger partial charge < -0.3 is 9.47 Å². The number of nitrogens with zero attached hydrogens (tertiary/aromatic N) is 3. The molecule has 0 aliphatic heterocycles. The Morgan fingerprint density at radius 3 is 2.58 bits per heavy atom. The van der Waals surface area contributed by atoms with Gasteiger partial charge in [0.05, 0.1) is 30.4 Å². The quantitative estimate of drug-likeness (QED) is 0.207. The monoisotopic (exact) mass is 709 g/mol. The van der Waals surface area contributed by atoms with E-state index in [1.165, 1.54) is 4.68 Å². The van der Waals surface area contributed by atoms with Gasteiger partial charge in [0.1, 0.15) is 11.6 Å². The first kappa shape index (κ1) is 24.1. The van der Waals surface area contributed by atoms with Crippen LogP contribution in [0.5, 0.6) is 5.75 Å². The first-order valence-electron chi connectivity index (χ1n) is 9.20. The zero-order valence-electron chi connectivity index (χ0n) is 16.9. The number of ether oxygens (including phenoxy) is 2. The summed E-state index contributed by atoms with van der Waals surface area (Å²) < 4.78 is 14.4. The lowest BCUT2D eigenvalue weighted by atomic mass is 10.2. The van der Waals surface area contributed by atoms with E-state index in [1.807, 2.05) is 18.2 Å². The average Bonchev–Trinajstić information content (AvgIpc) is 2.67. The zero-order chi connectivity index (χ0) is 22.7. The number of carbonyl (C=O) groups is 1. The van der Waals surface area contributed by atoms with E-state index in [-0.39, 0.29) is 18.3 Å². The van der Waals surface area contributed by atoms with Crippen LogP contribution in [0.25, 0.3) is 10.9 Å². The zero-order valence-corrected chi connectivity index (χ0v) is 22.8. The van der Waals surface area contributed by atoms with Gasteiger partial charge in [-0.05, 0) is 102 Å². The lowest BCUT2D eigenvalue weighted by molar-refractivity contribution is -0.149. The van der Waals surface area contributed by atoms with E-state index in [1.54, 1.807) is 39.1 Å². The minimum Gasteiger partial charge on any atom is -0.480 e. The molecule has 7 nitrogen and oxygen atoms in total. The molecule has 0 radical (unpaired) electrons. The Labute approximate surface area is 214 Å². The highest BCUT2D eigenvalue weighted by Crippen LogP contribution is 2.28. The Morgan fingerprint density at radius 1 is 1.26 bits per heavy atom. The van der Waals surface area contributed by atoms with Crippen molar-refractivity contribution in [2.24, 2.45) is 5.10 Å². The number of fused-ring (bicyclic) bond motifs is 1. The molecule has 3 rings (SSSR count). The number of rotatable bonds is 6.